The molecule has 0 unspecified atom stereocenters. The third kappa shape index (κ3) is 3.82. The highest BCUT2D eigenvalue weighted by Crippen LogP contribution is 2.35. The second-order valence-electron chi connectivity index (χ2n) is 6.12. The second kappa shape index (κ2) is 7.03. The maximum Gasteiger partial charge on any atom is 0.227 e. The lowest BCUT2D eigenvalue weighted by Crippen LogP contribution is -2.47. The number of nitrogens with one attached hydrogen (secondary N) is 1. The summed E-state index contributed by atoms with van der Waals surface area (Å²) in [6.45, 7) is 2.89. The Balaban J connectivity index is 1.88. The van der Waals surface area contributed by atoms with Crippen LogP contribution in [-0.4, -0.2) is 19.0 Å². The van der Waals surface area contributed by atoms with Crippen molar-refractivity contribution in [2.75, 3.05) is 13.1 Å². The minimum absolute atomic E-state index is 0.0875. The topological polar surface area (TPSA) is 55.1 Å². The minimum atomic E-state index is -0.365. The van der Waals surface area contributed by atoms with Gasteiger partial charge in [0.1, 0.15) is 5.82 Å². The van der Waals surface area contributed by atoms with Crippen molar-refractivity contribution in [3.05, 3.63) is 35.1 Å². The molecule has 3 N–H and O–H groups in total. The van der Waals surface area contributed by atoms with Gasteiger partial charge in [-0.2, -0.15) is 0 Å². The summed E-state index contributed by atoms with van der Waals surface area (Å²) in [5.41, 5.74) is 7.49. The SMILES string of the molecule is Cc1cc(F)ccc1CCNC(=O)C1(CN)CCCCC1. The third-order valence-corrected chi connectivity index (χ3v) is 4.67. The molecule has 0 aromatic heterocycles. The van der Waals surface area contributed by atoms with Crippen LogP contribution in [0.5, 0.6) is 0 Å². The first-order chi connectivity index (χ1) is 10.1. The molecule has 1 saturated carbocycles. The van der Waals surface area contributed by atoms with Crippen LogP contribution in [0.3, 0.4) is 0 Å². The fourth-order valence-corrected chi connectivity index (χ4v) is 3.19. The number of benzene rings is 1. The Bertz CT molecular complexity index is 496. The maximum absolute atomic E-state index is 13.1. The summed E-state index contributed by atoms with van der Waals surface area (Å²) in [6.07, 6.45) is 5.88. The number of nitrogens with two attached hydrogens (primary N) is 1. The van der Waals surface area contributed by atoms with Crippen LogP contribution in [0.15, 0.2) is 18.2 Å². The van der Waals surface area contributed by atoms with Gasteiger partial charge in [-0.1, -0.05) is 25.3 Å². The number of carbonyl (C=O) groups is 1. The van der Waals surface area contributed by atoms with Crippen molar-refractivity contribution in [3.63, 3.8) is 0 Å². The molecule has 0 saturated heterocycles. The monoisotopic (exact) mass is 292 g/mol. The van der Waals surface area contributed by atoms with Crippen LogP contribution in [-0.2, 0) is 11.2 Å². The molecule has 0 atom stereocenters. The highest BCUT2D eigenvalue weighted by Gasteiger charge is 2.37. The van der Waals surface area contributed by atoms with Gasteiger partial charge in [0, 0.05) is 13.1 Å². The summed E-state index contributed by atoms with van der Waals surface area (Å²) in [7, 11) is 0. The van der Waals surface area contributed by atoms with Crippen molar-refractivity contribution in [2.24, 2.45) is 11.1 Å². The van der Waals surface area contributed by atoms with E-state index < -0.39 is 0 Å². The predicted molar refractivity (Wildman–Crippen MR) is 82.4 cm³/mol. The summed E-state index contributed by atoms with van der Waals surface area (Å²) in [4.78, 5) is 12.4. The summed E-state index contributed by atoms with van der Waals surface area (Å²) < 4.78 is 13.1. The predicted octanol–water partition coefficient (Wildman–Crippen LogP) is 2.70. The average Bonchev–Trinajstić information content (AvgIpc) is 2.50. The van der Waals surface area contributed by atoms with E-state index in [1.54, 1.807) is 6.07 Å². The zero-order chi connectivity index (χ0) is 15.3. The molecule has 1 aromatic rings. The molecule has 0 aliphatic heterocycles. The quantitative estimate of drug-likeness (QED) is 0.876. The molecule has 21 heavy (non-hydrogen) atoms. The fourth-order valence-electron chi connectivity index (χ4n) is 3.19. The number of aryl methyl sites for hydroxylation is 1. The van der Waals surface area contributed by atoms with Crippen molar-refractivity contribution in [2.45, 2.75) is 45.4 Å². The van der Waals surface area contributed by atoms with Gasteiger partial charge in [0.05, 0.1) is 5.41 Å². The minimum Gasteiger partial charge on any atom is -0.355 e. The molecule has 1 aliphatic rings. The standard InChI is InChI=1S/C17H25FN2O/c1-13-11-15(18)6-5-14(13)7-10-20-16(21)17(12-19)8-3-2-4-9-17/h5-6,11H,2-4,7-10,12,19H2,1H3,(H,20,21). The van der Waals surface area contributed by atoms with Crippen LogP contribution in [0.25, 0.3) is 0 Å². The van der Waals surface area contributed by atoms with Gasteiger partial charge in [-0.15, -0.1) is 0 Å². The first-order valence-corrected chi connectivity index (χ1v) is 7.81. The summed E-state index contributed by atoms with van der Waals surface area (Å²) in [6, 6.07) is 4.78. The smallest absolute Gasteiger partial charge is 0.227 e. The number of halogens is 1. The molecule has 0 heterocycles. The zero-order valence-electron chi connectivity index (χ0n) is 12.8. The van der Waals surface area contributed by atoms with E-state index in [9.17, 15) is 9.18 Å². The van der Waals surface area contributed by atoms with Crippen molar-refractivity contribution in [1.29, 1.82) is 0 Å². The van der Waals surface area contributed by atoms with E-state index in [2.05, 4.69) is 5.32 Å². The molecular weight excluding hydrogens is 267 g/mol. The van der Waals surface area contributed by atoms with E-state index >= 15 is 0 Å². The van der Waals surface area contributed by atoms with Gasteiger partial charge in [0.2, 0.25) is 5.91 Å². The van der Waals surface area contributed by atoms with E-state index in [4.69, 9.17) is 5.73 Å². The lowest BCUT2D eigenvalue weighted by Gasteiger charge is -2.34. The molecule has 0 bridgehead atoms. The van der Waals surface area contributed by atoms with Crippen LogP contribution in [0, 0.1) is 18.2 Å². The van der Waals surface area contributed by atoms with E-state index in [-0.39, 0.29) is 17.1 Å². The van der Waals surface area contributed by atoms with Crippen molar-refractivity contribution in [3.8, 4) is 0 Å². The molecule has 116 valence electrons. The Kier molecular flexibility index (Phi) is 5.34. The summed E-state index contributed by atoms with van der Waals surface area (Å²) >= 11 is 0. The lowest BCUT2D eigenvalue weighted by atomic mass is 9.73. The number of hydrogen-bond donors (Lipinski definition) is 2. The average molecular weight is 292 g/mol. The number of amides is 1. The molecular formula is C17H25FN2O. The van der Waals surface area contributed by atoms with Gasteiger partial charge in [0.25, 0.3) is 0 Å². The largest absolute Gasteiger partial charge is 0.355 e. The van der Waals surface area contributed by atoms with Crippen molar-refractivity contribution >= 4 is 5.91 Å². The van der Waals surface area contributed by atoms with Crippen LogP contribution >= 0.6 is 0 Å². The molecule has 1 fully saturated rings. The Hall–Kier alpha value is -1.42. The molecule has 4 heteroatoms. The van der Waals surface area contributed by atoms with Crippen LogP contribution in [0.2, 0.25) is 0 Å². The van der Waals surface area contributed by atoms with Crippen LogP contribution in [0.1, 0.15) is 43.2 Å². The summed E-state index contributed by atoms with van der Waals surface area (Å²) in [5, 5.41) is 3.02. The van der Waals surface area contributed by atoms with Crippen molar-refractivity contribution < 1.29 is 9.18 Å². The van der Waals surface area contributed by atoms with E-state index in [0.29, 0.717) is 13.1 Å². The first kappa shape index (κ1) is 16.0. The van der Waals surface area contributed by atoms with E-state index in [0.717, 1.165) is 43.2 Å². The highest BCUT2D eigenvalue weighted by atomic mass is 19.1. The van der Waals surface area contributed by atoms with Gasteiger partial charge in [-0.25, -0.2) is 4.39 Å². The number of hydrogen-bond acceptors (Lipinski definition) is 2. The lowest BCUT2D eigenvalue weighted by molar-refractivity contribution is -0.132. The normalized spacial score (nSPS) is 17.5. The Morgan fingerprint density at radius 2 is 2.05 bits per heavy atom. The number of carbonyl (C=O) groups excluding carboxylic acids is 1. The second-order valence-corrected chi connectivity index (χ2v) is 6.12. The van der Waals surface area contributed by atoms with Gasteiger partial charge in [0.15, 0.2) is 0 Å². The summed E-state index contributed by atoms with van der Waals surface area (Å²) in [5.74, 6) is -0.131. The molecule has 0 spiro atoms. The molecule has 0 radical (unpaired) electrons. The van der Waals surface area contributed by atoms with Crippen molar-refractivity contribution in [1.82, 2.24) is 5.32 Å². The Morgan fingerprint density at radius 3 is 2.67 bits per heavy atom. The molecule has 3 nitrogen and oxygen atoms in total. The third-order valence-electron chi connectivity index (χ3n) is 4.67. The van der Waals surface area contributed by atoms with Crippen LogP contribution in [0.4, 0.5) is 4.39 Å². The molecule has 1 aromatic carbocycles. The molecule has 1 amide bonds. The molecule has 2 rings (SSSR count). The van der Waals surface area contributed by atoms with Gasteiger partial charge in [-0.05, 0) is 49.4 Å². The Morgan fingerprint density at radius 1 is 1.33 bits per heavy atom. The highest BCUT2D eigenvalue weighted by molar-refractivity contribution is 5.83. The molecule has 1 aliphatic carbocycles. The number of rotatable bonds is 5. The van der Waals surface area contributed by atoms with Gasteiger partial charge >= 0.3 is 0 Å². The van der Waals surface area contributed by atoms with E-state index in [1.165, 1.54) is 18.6 Å². The van der Waals surface area contributed by atoms with E-state index in [1.807, 2.05) is 6.92 Å². The zero-order valence-corrected chi connectivity index (χ0v) is 12.8. The maximum atomic E-state index is 13.1. The van der Waals surface area contributed by atoms with Gasteiger partial charge in [-0.3, -0.25) is 4.79 Å². The van der Waals surface area contributed by atoms with Crippen LogP contribution < -0.4 is 11.1 Å². The first-order valence-electron chi connectivity index (χ1n) is 7.81. The Labute approximate surface area is 126 Å². The fraction of sp³-hybridized carbons (Fsp3) is 0.588. The van der Waals surface area contributed by atoms with Gasteiger partial charge < -0.3 is 11.1 Å².